The first-order valence-corrected chi connectivity index (χ1v) is 6.99. The van der Waals surface area contributed by atoms with Crippen LogP contribution in [0.25, 0.3) is 0 Å². The number of halogens is 1. The first-order chi connectivity index (χ1) is 7.84. The van der Waals surface area contributed by atoms with E-state index < -0.39 is 21.5 Å². The van der Waals surface area contributed by atoms with E-state index in [1.807, 2.05) is 0 Å². The van der Waals surface area contributed by atoms with Gasteiger partial charge in [-0.25, -0.2) is 8.42 Å². The van der Waals surface area contributed by atoms with Crippen LogP contribution < -0.4 is 11.1 Å². The molecule has 1 aromatic carbocycles. The normalized spacial score (nSPS) is 11.2. The SMILES string of the molecule is CNC(=O)CS(=O)(=O)Cc1ccc(Cl)c(N)c1. The largest absolute Gasteiger partial charge is 0.398 e. The zero-order valence-corrected chi connectivity index (χ0v) is 10.8. The Bertz CT molecular complexity index is 528. The van der Waals surface area contributed by atoms with Crippen LogP contribution in [0.15, 0.2) is 18.2 Å². The van der Waals surface area contributed by atoms with E-state index in [1.165, 1.54) is 19.2 Å². The van der Waals surface area contributed by atoms with E-state index in [4.69, 9.17) is 17.3 Å². The van der Waals surface area contributed by atoms with E-state index in [-0.39, 0.29) is 5.75 Å². The van der Waals surface area contributed by atoms with Crippen molar-refractivity contribution in [1.82, 2.24) is 5.32 Å². The van der Waals surface area contributed by atoms with Crippen molar-refractivity contribution in [2.45, 2.75) is 5.75 Å². The summed E-state index contributed by atoms with van der Waals surface area (Å²) in [5, 5.41) is 2.64. The molecule has 0 heterocycles. The molecule has 3 N–H and O–H groups in total. The molecule has 0 atom stereocenters. The molecular weight excluding hydrogens is 264 g/mol. The minimum Gasteiger partial charge on any atom is -0.398 e. The highest BCUT2D eigenvalue weighted by Crippen LogP contribution is 2.20. The van der Waals surface area contributed by atoms with Crippen LogP contribution in [-0.2, 0) is 20.4 Å². The second kappa shape index (κ2) is 5.37. The van der Waals surface area contributed by atoms with Crippen molar-refractivity contribution < 1.29 is 13.2 Å². The molecule has 94 valence electrons. The summed E-state index contributed by atoms with van der Waals surface area (Å²) in [4.78, 5) is 11.0. The van der Waals surface area contributed by atoms with E-state index in [0.29, 0.717) is 16.3 Å². The maximum atomic E-state index is 11.6. The molecule has 0 saturated heterocycles. The van der Waals surface area contributed by atoms with Gasteiger partial charge in [0.1, 0.15) is 5.75 Å². The quantitative estimate of drug-likeness (QED) is 0.788. The smallest absolute Gasteiger partial charge is 0.234 e. The number of benzene rings is 1. The predicted molar refractivity (Wildman–Crippen MR) is 67.4 cm³/mol. The summed E-state index contributed by atoms with van der Waals surface area (Å²) < 4.78 is 23.3. The number of carbonyl (C=O) groups excluding carboxylic acids is 1. The fraction of sp³-hybridized carbons (Fsp3) is 0.300. The van der Waals surface area contributed by atoms with Crippen LogP contribution in [0.1, 0.15) is 5.56 Å². The van der Waals surface area contributed by atoms with E-state index in [1.54, 1.807) is 6.07 Å². The lowest BCUT2D eigenvalue weighted by molar-refractivity contribution is -0.118. The van der Waals surface area contributed by atoms with Crippen molar-refractivity contribution in [1.29, 1.82) is 0 Å². The second-order valence-corrected chi connectivity index (χ2v) is 6.03. The van der Waals surface area contributed by atoms with Gasteiger partial charge in [-0.1, -0.05) is 17.7 Å². The standard InChI is InChI=1S/C10H13ClN2O3S/c1-13-10(14)6-17(15,16)5-7-2-3-8(11)9(12)4-7/h2-4H,5-6,12H2,1H3,(H,13,14). The maximum Gasteiger partial charge on any atom is 0.234 e. The molecule has 1 rings (SSSR count). The molecule has 0 aromatic heterocycles. The number of carbonyl (C=O) groups is 1. The molecule has 1 aromatic rings. The van der Waals surface area contributed by atoms with Gasteiger partial charge in [-0.05, 0) is 17.7 Å². The molecular formula is C10H13ClN2O3S. The zero-order valence-electron chi connectivity index (χ0n) is 9.23. The monoisotopic (exact) mass is 276 g/mol. The van der Waals surface area contributed by atoms with Gasteiger partial charge in [-0.3, -0.25) is 4.79 Å². The number of sulfone groups is 1. The molecule has 0 aliphatic rings. The highest BCUT2D eigenvalue weighted by Gasteiger charge is 2.16. The molecule has 1 amide bonds. The minimum absolute atomic E-state index is 0.234. The summed E-state index contributed by atoms with van der Waals surface area (Å²) in [6.45, 7) is 0. The van der Waals surface area contributed by atoms with Crippen LogP contribution in [0, 0.1) is 0 Å². The van der Waals surface area contributed by atoms with Crippen molar-refractivity contribution >= 4 is 33.0 Å². The number of amides is 1. The van der Waals surface area contributed by atoms with Crippen molar-refractivity contribution in [2.75, 3.05) is 18.5 Å². The van der Waals surface area contributed by atoms with Crippen LogP contribution in [0.2, 0.25) is 5.02 Å². The summed E-state index contributed by atoms with van der Waals surface area (Å²) in [6.07, 6.45) is 0. The molecule has 0 aliphatic carbocycles. The summed E-state index contributed by atoms with van der Waals surface area (Å²) in [5.41, 5.74) is 6.39. The Labute approximate surface area is 105 Å². The van der Waals surface area contributed by atoms with Gasteiger partial charge >= 0.3 is 0 Å². The van der Waals surface area contributed by atoms with Gasteiger partial charge in [-0.2, -0.15) is 0 Å². The fourth-order valence-corrected chi connectivity index (χ4v) is 2.71. The van der Waals surface area contributed by atoms with Crippen LogP contribution >= 0.6 is 11.6 Å². The number of nitrogens with one attached hydrogen (secondary N) is 1. The molecule has 0 bridgehead atoms. The van der Waals surface area contributed by atoms with Gasteiger partial charge in [0, 0.05) is 7.05 Å². The van der Waals surface area contributed by atoms with Crippen molar-refractivity contribution in [2.24, 2.45) is 0 Å². The molecule has 0 aliphatic heterocycles. The summed E-state index contributed by atoms with van der Waals surface area (Å²) in [5.74, 6) is -1.31. The zero-order chi connectivity index (χ0) is 13.1. The lowest BCUT2D eigenvalue weighted by Crippen LogP contribution is -2.27. The summed E-state index contributed by atoms with van der Waals surface area (Å²) >= 11 is 5.72. The Morgan fingerprint density at radius 1 is 1.47 bits per heavy atom. The fourth-order valence-electron chi connectivity index (χ4n) is 1.26. The number of hydrogen-bond donors (Lipinski definition) is 2. The Hall–Kier alpha value is -1.27. The molecule has 0 fully saturated rings. The van der Waals surface area contributed by atoms with Crippen LogP contribution in [0.4, 0.5) is 5.69 Å². The molecule has 0 unspecified atom stereocenters. The maximum absolute atomic E-state index is 11.6. The first-order valence-electron chi connectivity index (χ1n) is 4.79. The van der Waals surface area contributed by atoms with Gasteiger partial charge < -0.3 is 11.1 Å². The topological polar surface area (TPSA) is 89.3 Å². The summed E-state index contributed by atoms with van der Waals surface area (Å²) in [7, 11) is -2.10. The third-order valence-corrected chi connectivity index (χ3v) is 3.90. The Balaban J connectivity index is 2.83. The van der Waals surface area contributed by atoms with Crippen LogP contribution in [-0.4, -0.2) is 27.1 Å². The van der Waals surface area contributed by atoms with Crippen molar-refractivity contribution in [3.05, 3.63) is 28.8 Å². The van der Waals surface area contributed by atoms with E-state index >= 15 is 0 Å². The molecule has 5 nitrogen and oxygen atoms in total. The summed E-state index contributed by atoms with van der Waals surface area (Å²) in [6, 6.07) is 4.59. The van der Waals surface area contributed by atoms with Gasteiger partial charge in [0.05, 0.1) is 16.5 Å². The second-order valence-electron chi connectivity index (χ2n) is 3.56. The lowest BCUT2D eigenvalue weighted by atomic mass is 10.2. The molecule has 7 heteroatoms. The third-order valence-electron chi connectivity index (χ3n) is 2.08. The third kappa shape index (κ3) is 4.24. The van der Waals surface area contributed by atoms with Gasteiger partial charge in [0.2, 0.25) is 5.91 Å². The number of anilines is 1. The van der Waals surface area contributed by atoms with Gasteiger partial charge in [0.25, 0.3) is 0 Å². The van der Waals surface area contributed by atoms with Gasteiger partial charge in [0.15, 0.2) is 9.84 Å². The van der Waals surface area contributed by atoms with E-state index in [9.17, 15) is 13.2 Å². The average Bonchev–Trinajstić information content (AvgIpc) is 2.22. The van der Waals surface area contributed by atoms with Crippen molar-refractivity contribution in [3.63, 3.8) is 0 Å². The molecule has 0 spiro atoms. The van der Waals surface area contributed by atoms with Crippen molar-refractivity contribution in [3.8, 4) is 0 Å². The van der Waals surface area contributed by atoms with Crippen LogP contribution in [0.5, 0.6) is 0 Å². The number of rotatable bonds is 4. The van der Waals surface area contributed by atoms with Crippen LogP contribution in [0.3, 0.4) is 0 Å². The lowest BCUT2D eigenvalue weighted by Gasteiger charge is -2.05. The predicted octanol–water partition coefficient (Wildman–Crippen LogP) is 0.583. The highest BCUT2D eigenvalue weighted by molar-refractivity contribution is 7.91. The molecule has 17 heavy (non-hydrogen) atoms. The number of hydrogen-bond acceptors (Lipinski definition) is 4. The number of nitrogen functional groups attached to an aromatic ring is 1. The van der Waals surface area contributed by atoms with Gasteiger partial charge in [-0.15, -0.1) is 0 Å². The molecule has 0 radical (unpaired) electrons. The van der Waals surface area contributed by atoms with E-state index in [0.717, 1.165) is 0 Å². The first kappa shape index (κ1) is 13.8. The molecule has 0 saturated carbocycles. The Morgan fingerprint density at radius 2 is 2.12 bits per heavy atom. The Morgan fingerprint density at radius 3 is 2.65 bits per heavy atom. The Kier molecular flexibility index (Phi) is 4.36. The highest BCUT2D eigenvalue weighted by atomic mass is 35.5. The average molecular weight is 277 g/mol. The van der Waals surface area contributed by atoms with E-state index in [2.05, 4.69) is 5.32 Å². The minimum atomic E-state index is -3.49. The number of nitrogens with two attached hydrogens (primary N) is 1.